The molecule has 3 rings (SSSR count). The molecule has 0 saturated carbocycles. The molecule has 202 valence electrons. The number of hydrogen-bond donors (Lipinski definition) is 1. The lowest BCUT2D eigenvalue weighted by Gasteiger charge is -2.32. The average Bonchev–Trinajstić information content (AvgIpc) is 2.91. The number of hydrogen-bond acceptors (Lipinski definition) is 4. The third-order valence-corrected chi connectivity index (χ3v) is 8.47. The van der Waals surface area contributed by atoms with Gasteiger partial charge in [-0.3, -0.25) is 13.9 Å². The fourth-order valence-corrected chi connectivity index (χ4v) is 5.55. The number of aryl methyl sites for hydroxylation is 1. The van der Waals surface area contributed by atoms with Gasteiger partial charge in [0.1, 0.15) is 12.6 Å². The molecule has 0 aromatic heterocycles. The van der Waals surface area contributed by atoms with Gasteiger partial charge < -0.3 is 10.2 Å². The smallest absolute Gasteiger partial charge is 0.264 e. The van der Waals surface area contributed by atoms with Crippen molar-refractivity contribution in [3.8, 4) is 0 Å². The Hall–Kier alpha value is -3.36. The van der Waals surface area contributed by atoms with Crippen LogP contribution in [-0.2, 0) is 26.2 Å². The van der Waals surface area contributed by atoms with Gasteiger partial charge in [-0.1, -0.05) is 78.7 Å². The Morgan fingerprint density at radius 2 is 1.53 bits per heavy atom. The molecule has 9 heteroatoms. The van der Waals surface area contributed by atoms with E-state index < -0.39 is 28.5 Å². The molecular formula is C29H34ClN3O4S. The number of sulfonamides is 1. The highest BCUT2D eigenvalue weighted by molar-refractivity contribution is 7.92. The first kappa shape index (κ1) is 29.2. The highest BCUT2D eigenvalue weighted by Crippen LogP contribution is 2.30. The lowest BCUT2D eigenvalue weighted by Crippen LogP contribution is -2.52. The van der Waals surface area contributed by atoms with Gasteiger partial charge in [0.25, 0.3) is 10.0 Å². The van der Waals surface area contributed by atoms with Crippen LogP contribution in [0, 0.1) is 6.92 Å². The van der Waals surface area contributed by atoms with Gasteiger partial charge in [0.15, 0.2) is 0 Å². The molecule has 0 aliphatic carbocycles. The van der Waals surface area contributed by atoms with E-state index in [1.807, 2.05) is 51.1 Å². The van der Waals surface area contributed by atoms with Crippen molar-refractivity contribution in [2.75, 3.05) is 10.8 Å². The van der Waals surface area contributed by atoms with E-state index in [1.54, 1.807) is 43.3 Å². The van der Waals surface area contributed by atoms with Crippen LogP contribution in [0.1, 0.15) is 38.3 Å². The van der Waals surface area contributed by atoms with Crippen LogP contribution in [0.4, 0.5) is 5.69 Å². The lowest BCUT2D eigenvalue weighted by molar-refractivity contribution is -0.139. The van der Waals surface area contributed by atoms with Crippen molar-refractivity contribution in [1.29, 1.82) is 0 Å². The Bertz CT molecular complexity index is 1350. The molecule has 3 aromatic carbocycles. The van der Waals surface area contributed by atoms with Gasteiger partial charge in [-0.25, -0.2) is 8.42 Å². The van der Waals surface area contributed by atoms with Crippen molar-refractivity contribution in [1.82, 2.24) is 10.2 Å². The molecule has 0 radical (unpaired) electrons. The number of nitrogens with zero attached hydrogens (tertiary/aromatic N) is 2. The van der Waals surface area contributed by atoms with Crippen LogP contribution in [0.5, 0.6) is 0 Å². The Morgan fingerprint density at radius 3 is 2.13 bits per heavy atom. The Balaban J connectivity index is 2.02. The third kappa shape index (κ3) is 7.14. The Kier molecular flexibility index (Phi) is 9.94. The van der Waals surface area contributed by atoms with Crippen LogP contribution in [0.25, 0.3) is 0 Å². The van der Waals surface area contributed by atoms with Crippen LogP contribution in [-0.4, -0.2) is 43.8 Å². The number of carbonyl (C=O) groups is 2. The molecule has 2 atom stereocenters. The van der Waals surface area contributed by atoms with Crippen molar-refractivity contribution in [3.05, 3.63) is 95.0 Å². The van der Waals surface area contributed by atoms with Crippen molar-refractivity contribution < 1.29 is 18.0 Å². The summed E-state index contributed by atoms with van der Waals surface area (Å²) in [7, 11) is -4.16. The van der Waals surface area contributed by atoms with E-state index in [9.17, 15) is 18.0 Å². The molecule has 0 saturated heterocycles. The van der Waals surface area contributed by atoms with E-state index in [0.717, 1.165) is 21.9 Å². The van der Waals surface area contributed by atoms with Gasteiger partial charge in [0, 0.05) is 12.6 Å². The van der Waals surface area contributed by atoms with Gasteiger partial charge in [-0.15, -0.1) is 0 Å². The van der Waals surface area contributed by atoms with Crippen molar-refractivity contribution in [3.63, 3.8) is 0 Å². The topological polar surface area (TPSA) is 86.8 Å². The quantitative estimate of drug-likeness (QED) is 0.353. The molecule has 38 heavy (non-hydrogen) atoms. The minimum absolute atomic E-state index is 0.0352. The van der Waals surface area contributed by atoms with E-state index >= 15 is 0 Å². The summed E-state index contributed by atoms with van der Waals surface area (Å²) in [5.74, 6) is -0.842. The normalized spacial score (nSPS) is 12.9. The second kappa shape index (κ2) is 12.9. The van der Waals surface area contributed by atoms with Gasteiger partial charge in [-0.05, 0) is 57.0 Å². The number of nitrogens with one attached hydrogen (secondary N) is 1. The molecule has 0 heterocycles. The first-order valence-corrected chi connectivity index (χ1v) is 14.3. The largest absolute Gasteiger partial charge is 0.352 e. The van der Waals surface area contributed by atoms with Crippen LogP contribution < -0.4 is 9.62 Å². The molecule has 0 fully saturated rings. The van der Waals surface area contributed by atoms with Gasteiger partial charge in [-0.2, -0.15) is 0 Å². The summed E-state index contributed by atoms with van der Waals surface area (Å²) in [6.07, 6.45) is 0.736. The van der Waals surface area contributed by atoms with E-state index in [-0.39, 0.29) is 34.1 Å². The average molecular weight is 556 g/mol. The molecule has 2 amide bonds. The summed E-state index contributed by atoms with van der Waals surface area (Å²) < 4.78 is 28.6. The Morgan fingerprint density at radius 1 is 0.921 bits per heavy atom. The predicted molar refractivity (Wildman–Crippen MR) is 152 cm³/mol. The minimum Gasteiger partial charge on any atom is -0.352 e. The zero-order valence-corrected chi connectivity index (χ0v) is 23.7. The second-order valence-electron chi connectivity index (χ2n) is 9.28. The molecule has 3 aromatic rings. The second-order valence-corrected chi connectivity index (χ2v) is 11.5. The summed E-state index contributed by atoms with van der Waals surface area (Å²) in [6.45, 7) is 6.95. The minimum atomic E-state index is -4.16. The zero-order valence-electron chi connectivity index (χ0n) is 22.1. The zero-order chi connectivity index (χ0) is 27.9. The Labute approximate surface area is 230 Å². The summed E-state index contributed by atoms with van der Waals surface area (Å²) in [5, 5.41) is 3.11. The van der Waals surface area contributed by atoms with E-state index in [1.165, 1.54) is 17.0 Å². The number of para-hydroxylation sites is 1. The molecule has 0 bridgehead atoms. The van der Waals surface area contributed by atoms with Crippen LogP contribution in [0.15, 0.2) is 83.8 Å². The van der Waals surface area contributed by atoms with Crippen LogP contribution >= 0.6 is 11.6 Å². The third-order valence-electron chi connectivity index (χ3n) is 6.37. The predicted octanol–water partition coefficient (Wildman–Crippen LogP) is 5.18. The molecule has 1 N–H and O–H groups in total. The summed E-state index contributed by atoms with van der Waals surface area (Å²) in [6, 6.07) is 21.2. The maximum absolute atomic E-state index is 13.9. The van der Waals surface area contributed by atoms with Gasteiger partial charge in [0.2, 0.25) is 11.8 Å². The van der Waals surface area contributed by atoms with Crippen molar-refractivity contribution in [2.45, 2.75) is 57.6 Å². The highest BCUT2D eigenvalue weighted by atomic mass is 35.5. The fraction of sp³-hybridized carbons (Fsp3) is 0.310. The lowest BCUT2D eigenvalue weighted by atomic mass is 10.1. The molecule has 0 unspecified atom stereocenters. The molecular weight excluding hydrogens is 522 g/mol. The molecule has 0 aliphatic heterocycles. The molecule has 7 nitrogen and oxygen atoms in total. The number of carbonyl (C=O) groups excluding carboxylic acids is 2. The van der Waals surface area contributed by atoms with Gasteiger partial charge >= 0.3 is 0 Å². The number of amides is 2. The van der Waals surface area contributed by atoms with E-state index in [2.05, 4.69) is 5.32 Å². The summed E-state index contributed by atoms with van der Waals surface area (Å²) >= 11 is 6.42. The number of rotatable bonds is 11. The van der Waals surface area contributed by atoms with Gasteiger partial charge in [0.05, 0.1) is 15.6 Å². The fourth-order valence-electron chi connectivity index (χ4n) is 3.83. The van der Waals surface area contributed by atoms with Crippen LogP contribution in [0.2, 0.25) is 5.02 Å². The monoisotopic (exact) mass is 555 g/mol. The molecule has 0 spiro atoms. The summed E-state index contributed by atoms with van der Waals surface area (Å²) in [4.78, 5) is 28.4. The molecule has 0 aliphatic rings. The number of halogens is 1. The standard InChI is InChI=1S/C29H34ClN3O4S/c1-5-22(3)31-29(35)23(4)32(19-24-11-7-6-8-12-24)28(34)20-33(27-14-10-9-13-26(27)30)38(36,37)25-17-15-21(2)16-18-25/h6-18,22-23H,5,19-20H2,1-4H3,(H,31,35)/t22-,23+/m1/s1. The van der Waals surface area contributed by atoms with Crippen molar-refractivity contribution in [2.24, 2.45) is 0 Å². The van der Waals surface area contributed by atoms with Crippen molar-refractivity contribution >= 4 is 39.1 Å². The summed E-state index contributed by atoms with van der Waals surface area (Å²) in [5.41, 5.74) is 1.90. The number of benzene rings is 3. The first-order valence-electron chi connectivity index (χ1n) is 12.5. The number of anilines is 1. The van der Waals surface area contributed by atoms with Crippen LogP contribution in [0.3, 0.4) is 0 Å². The first-order chi connectivity index (χ1) is 18.0. The maximum Gasteiger partial charge on any atom is 0.264 e. The SMILES string of the molecule is CC[C@@H](C)NC(=O)[C@H](C)N(Cc1ccccc1)C(=O)CN(c1ccccc1Cl)S(=O)(=O)c1ccc(C)cc1. The maximum atomic E-state index is 13.9. The highest BCUT2D eigenvalue weighted by Gasteiger charge is 2.33. The van der Waals surface area contributed by atoms with E-state index in [0.29, 0.717) is 0 Å². The van der Waals surface area contributed by atoms with E-state index in [4.69, 9.17) is 11.6 Å².